The summed E-state index contributed by atoms with van der Waals surface area (Å²) in [4.78, 5) is 9.44. The van der Waals surface area contributed by atoms with E-state index in [1.165, 1.54) is 26.7 Å². The Balaban J connectivity index is 0.000000213. The van der Waals surface area contributed by atoms with Gasteiger partial charge in [0, 0.05) is 0 Å². The minimum absolute atomic E-state index is 0.167. The maximum atomic E-state index is 9.44. The predicted octanol–water partition coefficient (Wildman–Crippen LogP) is 3.33. The molecule has 0 aromatic heterocycles. The zero-order chi connectivity index (χ0) is 10.6. The van der Waals surface area contributed by atoms with Crippen molar-refractivity contribution in [2.24, 2.45) is 0 Å². The fourth-order valence-electron chi connectivity index (χ4n) is 1.77. The summed E-state index contributed by atoms with van der Waals surface area (Å²) in [7, 11) is 0. The zero-order valence-corrected chi connectivity index (χ0v) is 9.21. The van der Waals surface area contributed by atoms with E-state index in [1.807, 2.05) is 0 Å². The van der Waals surface area contributed by atoms with Gasteiger partial charge in [0.15, 0.2) is 0 Å². The van der Waals surface area contributed by atoms with E-state index in [1.54, 1.807) is 11.1 Å². The van der Waals surface area contributed by atoms with Crippen molar-refractivity contribution < 1.29 is 4.79 Å². The van der Waals surface area contributed by atoms with Crippen molar-refractivity contribution >= 4 is 5.78 Å². The quantitative estimate of drug-likeness (QED) is 0.613. The van der Waals surface area contributed by atoms with Gasteiger partial charge >= 0.3 is 0 Å². The van der Waals surface area contributed by atoms with Gasteiger partial charge in [-0.2, -0.15) is 0 Å². The summed E-state index contributed by atoms with van der Waals surface area (Å²) in [6.07, 6.45) is 2.64. The summed E-state index contributed by atoms with van der Waals surface area (Å²) >= 11 is 0. The van der Waals surface area contributed by atoms with Crippen LogP contribution in [0.15, 0.2) is 24.3 Å². The Labute approximate surface area is 86.1 Å². The van der Waals surface area contributed by atoms with Gasteiger partial charge in [-0.1, -0.05) is 31.2 Å². The molecule has 1 heteroatoms. The van der Waals surface area contributed by atoms with Gasteiger partial charge < -0.3 is 4.79 Å². The van der Waals surface area contributed by atoms with Crippen molar-refractivity contribution in [3.63, 3.8) is 0 Å². The number of aryl methyl sites for hydroxylation is 1. The molecule has 1 aliphatic rings. The van der Waals surface area contributed by atoms with Gasteiger partial charge in [-0.05, 0) is 43.7 Å². The molecular formula is C13H18O. The van der Waals surface area contributed by atoms with Gasteiger partial charge in [0.05, 0.1) is 0 Å². The van der Waals surface area contributed by atoms with Crippen LogP contribution in [0.4, 0.5) is 0 Å². The van der Waals surface area contributed by atoms with Crippen molar-refractivity contribution in [1.29, 1.82) is 0 Å². The molecule has 0 radical (unpaired) electrons. The van der Waals surface area contributed by atoms with Crippen LogP contribution in [0.3, 0.4) is 0 Å². The smallest absolute Gasteiger partial charge is 0.126 e. The molecule has 0 spiro atoms. The van der Waals surface area contributed by atoms with Crippen molar-refractivity contribution in [1.82, 2.24) is 0 Å². The molecule has 1 nitrogen and oxygen atoms in total. The van der Waals surface area contributed by atoms with Crippen molar-refractivity contribution in [2.75, 3.05) is 0 Å². The SMILES string of the molecule is CC(C)=O.C[C@H]1CCc2ccccc21. The van der Waals surface area contributed by atoms with E-state index in [-0.39, 0.29) is 5.78 Å². The van der Waals surface area contributed by atoms with Gasteiger partial charge in [0.1, 0.15) is 5.78 Å². The van der Waals surface area contributed by atoms with Gasteiger partial charge in [-0.15, -0.1) is 0 Å². The lowest BCUT2D eigenvalue weighted by Crippen LogP contribution is -1.83. The molecule has 0 fully saturated rings. The van der Waals surface area contributed by atoms with Crippen LogP contribution in [0, 0.1) is 0 Å². The topological polar surface area (TPSA) is 17.1 Å². The Morgan fingerprint density at radius 2 is 1.86 bits per heavy atom. The van der Waals surface area contributed by atoms with E-state index in [0.717, 1.165) is 5.92 Å². The van der Waals surface area contributed by atoms with Crippen molar-refractivity contribution in [2.45, 2.75) is 39.5 Å². The Morgan fingerprint density at radius 1 is 1.29 bits per heavy atom. The van der Waals surface area contributed by atoms with Gasteiger partial charge in [-0.25, -0.2) is 0 Å². The molecule has 1 aromatic carbocycles. The minimum Gasteiger partial charge on any atom is -0.300 e. The van der Waals surface area contributed by atoms with E-state index >= 15 is 0 Å². The summed E-state index contributed by atoms with van der Waals surface area (Å²) < 4.78 is 0. The van der Waals surface area contributed by atoms with Crippen LogP contribution >= 0.6 is 0 Å². The van der Waals surface area contributed by atoms with Crippen LogP contribution in [0.1, 0.15) is 44.2 Å². The second kappa shape index (κ2) is 4.94. The normalized spacial score (nSPS) is 18.1. The highest BCUT2D eigenvalue weighted by molar-refractivity contribution is 5.72. The summed E-state index contributed by atoms with van der Waals surface area (Å²) in [6, 6.07) is 8.78. The number of hydrogen-bond donors (Lipinski definition) is 0. The molecule has 0 bridgehead atoms. The monoisotopic (exact) mass is 190 g/mol. The number of Topliss-reactive ketones (excluding diaryl/α,β-unsaturated/α-hetero) is 1. The first kappa shape index (κ1) is 11.0. The highest BCUT2D eigenvalue weighted by Gasteiger charge is 2.16. The summed E-state index contributed by atoms with van der Waals surface area (Å²) in [5, 5.41) is 0. The molecule has 2 rings (SSSR count). The largest absolute Gasteiger partial charge is 0.300 e. The van der Waals surface area contributed by atoms with Crippen molar-refractivity contribution in [3.05, 3.63) is 35.4 Å². The first-order chi connectivity index (χ1) is 6.61. The minimum atomic E-state index is 0.167. The lowest BCUT2D eigenvalue weighted by Gasteiger charge is -2.01. The molecule has 0 heterocycles. The molecule has 0 saturated heterocycles. The van der Waals surface area contributed by atoms with Crippen LogP contribution in [-0.2, 0) is 11.2 Å². The van der Waals surface area contributed by atoms with E-state index in [4.69, 9.17) is 0 Å². The maximum Gasteiger partial charge on any atom is 0.126 e. The number of fused-ring (bicyclic) bond motifs is 1. The Bertz CT molecular complexity index is 311. The van der Waals surface area contributed by atoms with E-state index in [0.29, 0.717) is 0 Å². The van der Waals surface area contributed by atoms with Crippen LogP contribution in [0.25, 0.3) is 0 Å². The van der Waals surface area contributed by atoms with E-state index in [9.17, 15) is 4.79 Å². The van der Waals surface area contributed by atoms with Gasteiger partial charge in [-0.3, -0.25) is 0 Å². The van der Waals surface area contributed by atoms with Crippen LogP contribution < -0.4 is 0 Å². The summed E-state index contributed by atoms with van der Waals surface area (Å²) in [6.45, 7) is 5.37. The standard InChI is InChI=1S/C10H12.C3H6O/c1-8-6-7-9-4-2-3-5-10(8)9;1-3(2)4/h2-5,8H,6-7H2,1H3;1-2H3/t8-;/m0./s1. The van der Waals surface area contributed by atoms with Gasteiger partial charge in [0.2, 0.25) is 0 Å². The average molecular weight is 190 g/mol. The number of ketones is 1. The number of rotatable bonds is 0. The number of benzene rings is 1. The number of carbonyl (C=O) groups excluding carboxylic acids is 1. The molecule has 1 aliphatic carbocycles. The fourth-order valence-corrected chi connectivity index (χ4v) is 1.77. The highest BCUT2D eigenvalue weighted by Crippen LogP contribution is 2.31. The lowest BCUT2D eigenvalue weighted by molar-refractivity contribution is -0.114. The molecule has 76 valence electrons. The van der Waals surface area contributed by atoms with Gasteiger partial charge in [0.25, 0.3) is 0 Å². The maximum absolute atomic E-state index is 9.44. The molecule has 0 aliphatic heterocycles. The van der Waals surface area contributed by atoms with E-state index in [2.05, 4.69) is 31.2 Å². The Kier molecular flexibility index (Phi) is 3.87. The third-order valence-electron chi connectivity index (χ3n) is 2.43. The third-order valence-corrected chi connectivity index (χ3v) is 2.43. The first-order valence-electron chi connectivity index (χ1n) is 5.16. The second-order valence-electron chi connectivity index (χ2n) is 4.05. The average Bonchev–Trinajstić information content (AvgIpc) is 2.48. The highest BCUT2D eigenvalue weighted by atomic mass is 16.1. The first-order valence-corrected chi connectivity index (χ1v) is 5.16. The second-order valence-corrected chi connectivity index (χ2v) is 4.05. The fraction of sp³-hybridized carbons (Fsp3) is 0.462. The summed E-state index contributed by atoms with van der Waals surface area (Å²) in [5.74, 6) is 0.969. The van der Waals surface area contributed by atoms with Crippen LogP contribution in [0.5, 0.6) is 0 Å². The van der Waals surface area contributed by atoms with Crippen molar-refractivity contribution in [3.8, 4) is 0 Å². The number of carbonyl (C=O) groups is 1. The Morgan fingerprint density at radius 3 is 2.43 bits per heavy atom. The molecule has 14 heavy (non-hydrogen) atoms. The molecular weight excluding hydrogens is 172 g/mol. The molecule has 0 N–H and O–H groups in total. The number of hydrogen-bond acceptors (Lipinski definition) is 1. The molecule has 0 saturated carbocycles. The van der Waals surface area contributed by atoms with Crippen LogP contribution in [0.2, 0.25) is 0 Å². The zero-order valence-electron chi connectivity index (χ0n) is 9.21. The molecule has 0 amide bonds. The predicted molar refractivity (Wildman–Crippen MR) is 59.5 cm³/mol. The third kappa shape index (κ3) is 2.99. The van der Waals surface area contributed by atoms with E-state index < -0.39 is 0 Å². The lowest BCUT2D eigenvalue weighted by atomic mass is 10.0. The molecule has 1 aromatic rings. The molecule has 0 unspecified atom stereocenters. The Hall–Kier alpha value is -1.11. The molecule has 1 atom stereocenters. The summed E-state index contributed by atoms with van der Waals surface area (Å²) in [5.41, 5.74) is 3.14. The van der Waals surface area contributed by atoms with Crippen LogP contribution in [-0.4, -0.2) is 5.78 Å².